The maximum atomic E-state index is 12.6. The molecule has 0 aliphatic carbocycles. The first-order chi connectivity index (χ1) is 13.1. The number of carbonyl (C=O) groups is 3. The van der Waals surface area contributed by atoms with Gasteiger partial charge in [0.15, 0.2) is 0 Å². The molecule has 1 saturated heterocycles. The number of hydrogen-bond acceptors (Lipinski definition) is 5. The first-order valence-electron chi connectivity index (χ1n) is 8.84. The van der Waals surface area contributed by atoms with Gasteiger partial charge in [0.2, 0.25) is 0 Å². The predicted octanol–water partition coefficient (Wildman–Crippen LogP) is 2.75. The van der Waals surface area contributed by atoms with Crippen LogP contribution in [0.2, 0.25) is 0 Å². The van der Waals surface area contributed by atoms with Crippen LogP contribution in [0.5, 0.6) is 0 Å². The van der Waals surface area contributed by atoms with Gasteiger partial charge in [-0.2, -0.15) is 0 Å². The van der Waals surface area contributed by atoms with Gasteiger partial charge >= 0.3 is 5.97 Å². The van der Waals surface area contributed by atoms with Crippen molar-refractivity contribution in [1.29, 1.82) is 0 Å². The van der Waals surface area contributed by atoms with Crippen molar-refractivity contribution in [3.05, 3.63) is 59.4 Å². The molecular formula is C20H21N3O4. The summed E-state index contributed by atoms with van der Waals surface area (Å²) >= 11 is 0. The Morgan fingerprint density at radius 1 is 1.07 bits per heavy atom. The number of hydrogen-bond donors (Lipinski definition) is 1. The molecule has 2 heterocycles. The van der Waals surface area contributed by atoms with Crippen LogP contribution in [0.4, 0.5) is 5.69 Å². The first kappa shape index (κ1) is 18.6. The maximum absolute atomic E-state index is 12.6. The third-order valence-electron chi connectivity index (χ3n) is 4.46. The predicted molar refractivity (Wildman–Crippen MR) is 99.7 cm³/mol. The molecule has 2 aromatic rings. The molecule has 0 unspecified atom stereocenters. The molecule has 1 aromatic carbocycles. The third kappa shape index (κ3) is 4.31. The van der Waals surface area contributed by atoms with Gasteiger partial charge in [0.1, 0.15) is 5.69 Å². The van der Waals surface area contributed by atoms with Crippen molar-refractivity contribution in [1.82, 2.24) is 9.88 Å². The van der Waals surface area contributed by atoms with Gasteiger partial charge in [0.25, 0.3) is 11.8 Å². The van der Waals surface area contributed by atoms with Crippen molar-refractivity contribution in [2.45, 2.75) is 19.3 Å². The average Bonchev–Trinajstić information content (AvgIpc) is 2.73. The monoisotopic (exact) mass is 367 g/mol. The number of likely N-dealkylation sites (tertiary alicyclic amines) is 1. The third-order valence-corrected chi connectivity index (χ3v) is 4.46. The molecule has 2 amide bonds. The fourth-order valence-electron chi connectivity index (χ4n) is 3.03. The summed E-state index contributed by atoms with van der Waals surface area (Å²) in [5.74, 6) is -1.14. The number of piperidine rings is 1. The lowest BCUT2D eigenvalue weighted by Gasteiger charge is -2.26. The van der Waals surface area contributed by atoms with Gasteiger partial charge < -0.3 is 15.0 Å². The molecule has 1 aliphatic heterocycles. The summed E-state index contributed by atoms with van der Waals surface area (Å²) in [7, 11) is 1.28. The summed E-state index contributed by atoms with van der Waals surface area (Å²) in [4.78, 5) is 42.9. The molecule has 1 fully saturated rings. The zero-order valence-electron chi connectivity index (χ0n) is 15.1. The van der Waals surface area contributed by atoms with E-state index in [0.29, 0.717) is 11.3 Å². The van der Waals surface area contributed by atoms with Gasteiger partial charge in [0, 0.05) is 24.8 Å². The van der Waals surface area contributed by atoms with E-state index in [2.05, 4.69) is 10.3 Å². The number of ether oxygens (including phenoxy) is 1. The molecule has 0 saturated carbocycles. The number of nitrogens with zero attached hydrogens (tertiary/aromatic N) is 2. The highest BCUT2D eigenvalue weighted by Crippen LogP contribution is 2.18. The van der Waals surface area contributed by atoms with Crippen LogP contribution in [0.3, 0.4) is 0 Å². The number of benzene rings is 1. The number of methoxy groups -OCH3 is 1. The Hall–Kier alpha value is -3.22. The zero-order chi connectivity index (χ0) is 19.2. The van der Waals surface area contributed by atoms with E-state index < -0.39 is 11.9 Å². The number of anilines is 1. The summed E-state index contributed by atoms with van der Waals surface area (Å²) < 4.78 is 4.73. The van der Waals surface area contributed by atoms with E-state index in [-0.39, 0.29) is 17.2 Å². The van der Waals surface area contributed by atoms with Gasteiger partial charge in [-0.1, -0.05) is 12.1 Å². The Bertz CT molecular complexity index is 860. The van der Waals surface area contributed by atoms with Crippen molar-refractivity contribution in [3.8, 4) is 0 Å². The Morgan fingerprint density at radius 2 is 1.81 bits per heavy atom. The summed E-state index contributed by atoms with van der Waals surface area (Å²) in [6, 6.07) is 9.63. The van der Waals surface area contributed by atoms with Crippen molar-refractivity contribution < 1.29 is 19.1 Å². The number of pyridine rings is 1. The van der Waals surface area contributed by atoms with E-state index >= 15 is 0 Å². The van der Waals surface area contributed by atoms with Crippen LogP contribution < -0.4 is 5.32 Å². The molecule has 0 spiro atoms. The number of amides is 2. The Balaban J connectivity index is 1.78. The highest BCUT2D eigenvalue weighted by Gasteiger charge is 2.20. The van der Waals surface area contributed by atoms with Gasteiger partial charge in [0.05, 0.1) is 18.4 Å². The number of aromatic nitrogens is 1. The zero-order valence-corrected chi connectivity index (χ0v) is 15.1. The normalized spacial score (nSPS) is 13.7. The summed E-state index contributed by atoms with van der Waals surface area (Å²) in [5.41, 5.74) is 1.11. The fraction of sp³-hybridized carbons (Fsp3) is 0.300. The smallest absolute Gasteiger partial charge is 0.339 e. The van der Waals surface area contributed by atoms with Gasteiger partial charge in [-0.3, -0.25) is 14.6 Å². The Kier molecular flexibility index (Phi) is 5.80. The van der Waals surface area contributed by atoms with E-state index in [4.69, 9.17) is 4.74 Å². The Labute approximate surface area is 157 Å². The van der Waals surface area contributed by atoms with Crippen molar-refractivity contribution in [3.63, 3.8) is 0 Å². The minimum absolute atomic E-state index is 0.0962. The van der Waals surface area contributed by atoms with Crippen LogP contribution in [0.1, 0.15) is 50.5 Å². The maximum Gasteiger partial charge on any atom is 0.339 e. The second-order valence-corrected chi connectivity index (χ2v) is 6.27. The molecule has 140 valence electrons. The van der Waals surface area contributed by atoms with Crippen molar-refractivity contribution in [2.24, 2.45) is 0 Å². The van der Waals surface area contributed by atoms with E-state index in [9.17, 15) is 14.4 Å². The SMILES string of the molecule is COC(=O)c1ccccc1NC(=O)c1cc(C(=O)N2CCCCC2)ccn1. The van der Waals surface area contributed by atoms with E-state index in [1.54, 1.807) is 35.2 Å². The largest absolute Gasteiger partial charge is 0.465 e. The molecular weight excluding hydrogens is 346 g/mol. The molecule has 7 nitrogen and oxygen atoms in total. The van der Waals surface area contributed by atoms with Gasteiger partial charge in [-0.05, 0) is 43.5 Å². The number of esters is 1. The molecule has 1 aromatic heterocycles. The lowest BCUT2D eigenvalue weighted by molar-refractivity contribution is 0.0601. The second kappa shape index (κ2) is 8.44. The second-order valence-electron chi connectivity index (χ2n) is 6.27. The van der Waals surface area contributed by atoms with Crippen LogP contribution >= 0.6 is 0 Å². The van der Waals surface area contributed by atoms with Crippen LogP contribution in [-0.4, -0.2) is 47.9 Å². The number of rotatable bonds is 4. The van der Waals surface area contributed by atoms with Crippen LogP contribution in [0.15, 0.2) is 42.6 Å². The van der Waals surface area contributed by atoms with Crippen LogP contribution in [0, 0.1) is 0 Å². The van der Waals surface area contributed by atoms with Crippen LogP contribution in [0.25, 0.3) is 0 Å². The molecule has 0 radical (unpaired) electrons. The first-order valence-corrected chi connectivity index (χ1v) is 8.84. The number of carbonyl (C=O) groups excluding carboxylic acids is 3. The van der Waals surface area contributed by atoms with Gasteiger partial charge in [-0.15, -0.1) is 0 Å². The Morgan fingerprint density at radius 3 is 2.56 bits per heavy atom. The molecule has 3 rings (SSSR count). The highest BCUT2D eigenvalue weighted by atomic mass is 16.5. The van der Waals surface area contributed by atoms with E-state index in [1.807, 2.05) is 0 Å². The topological polar surface area (TPSA) is 88.6 Å². The summed E-state index contributed by atoms with van der Waals surface area (Å²) in [6.07, 6.45) is 4.56. The molecule has 27 heavy (non-hydrogen) atoms. The molecule has 0 atom stereocenters. The molecule has 0 bridgehead atoms. The summed E-state index contributed by atoms with van der Waals surface area (Å²) in [6.45, 7) is 1.46. The quantitative estimate of drug-likeness (QED) is 0.840. The molecule has 1 N–H and O–H groups in total. The lowest BCUT2D eigenvalue weighted by Crippen LogP contribution is -2.35. The molecule has 7 heteroatoms. The lowest BCUT2D eigenvalue weighted by atomic mass is 10.1. The fourth-order valence-corrected chi connectivity index (χ4v) is 3.03. The number of nitrogens with one attached hydrogen (secondary N) is 1. The van der Waals surface area contributed by atoms with Crippen molar-refractivity contribution >= 4 is 23.5 Å². The minimum atomic E-state index is -0.548. The average molecular weight is 367 g/mol. The summed E-state index contributed by atoms with van der Waals surface area (Å²) in [5, 5.41) is 2.66. The number of para-hydroxylation sites is 1. The van der Waals surface area contributed by atoms with Crippen molar-refractivity contribution in [2.75, 3.05) is 25.5 Å². The van der Waals surface area contributed by atoms with E-state index in [1.165, 1.54) is 19.4 Å². The van der Waals surface area contributed by atoms with Crippen LogP contribution in [-0.2, 0) is 4.74 Å². The minimum Gasteiger partial charge on any atom is -0.465 e. The highest BCUT2D eigenvalue weighted by molar-refractivity contribution is 6.08. The van der Waals surface area contributed by atoms with Gasteiger partial charge in [-0.25, -0.2) is 4.79 Å². The standard InChI is InChI=1S/C20H21N3O4/c1-27-20(26)15-7-3-4-8-16(15)22-18(24)17-13-14(9-10-21-17)19(25)23-11-5-2-6-12-23/h3-4,7-10,13H,2,5-6,11-12H2,1H3,(H,22,24). The van der Waals surface area contributed by atoms with E-state index in [0.717, 1.165) is 32.4 Å². The molecule has 1 aliphatic rings.